The molecule has 0 amide bonds. The minimum atomic E-state index is -1.31. The molecule has 0 unspecified atom stereocenters. The highest BCUT2D eigenvalue weighted by atomic mass is 19.2. The number of nitrogens with one attached hydrogen (secondary N) is 1. The van der Waals surface area contributed by atoms with Crippen molar-refractivity contribution >= 4 is 5.97 Å². The van der Waals surface area contributed by atoms with E-state index in [-0.39, 0.29) is 13.0 Å². The Morgan fingerprint density at radius 3 is 2.41 bits per heavy atom. The van der Waals surface area contributed by atoms with Gasteiger partial charge < -0.3 is 14.3 Å². The van der Waals surface area contributed by atoms with Crippen molar-refractivity contribution in [2.45, 2.75) is 38.8 Å². The van der Waals surface area contributed by atoms with Crippen LogP contribution in [0.15, 0.2) is 77.2 Å². The maximum absolute atomic E-state index is 13.5. The Morgan fingerprint density at radius 1 is 1.03 bits per heavy atom. The van der Waals surface area contributed by atoms with E-state index >= 15 is 0 Å². The zero-order valence-electron chi connectivity index (χ0n) is 20.6. The van der Waals surface area contributed by atoms with E-state index in [0.717, 1.165) is 34.7 Å². The molecule has 0 bridgehead atoms. The summed E-state index contributed by atoms with van der Waals surface area (Å²) in [5.74, 6) is -0.977. The Labute approximate surface area is 213 Å². The third-order valence-electron chi connectivity index (χ3n) is 6.14. The van der Waals surface area contributed by atoms with E-state index in [2.05, 4.69) is 10.3 Å². The predicted molar refractivity (Wildman–Crippen MR) is 135 cm³/mol. The number of hydrogen-bond donors (Lipinski definition) is 2. The summed E-state index contributed by atoms with van der Waals surface area (Å²) in [6.45, 7) is 3.92. The Bertz CT molecular complexity index is 1360. The van der Waals surface area contributed by atoms with E-state index in [1.165, 1.54) is 6.07 Å². The zero-order chi connectivity index (χ0) is 26.4. The number of rotatable bonds is 11. The Morgan fingerprint density at radius 2 is 1.73 bits per heavy atom. The van der Waals surface area contributed by atoms with Crippen molar-refractivity contribution in [3.05, 3.63) is 107 Å². The summed E-state index contributed by atoms with van der Waals surface area (Å²) in [4.78, 5) is 16.6. The molecule has 0 fully saturated rings. The topological polar surface area (TPSA) is 84.6 Å². The summed E-state index contributed by atoms with van der Waals surface area (Å²) < 4.78 is 38.3. The first-order valence-corrected chi connectivity index (χ1v) is 11.9. The standard InChI is InChI=1S/C29H28F2N2O4/c1-19-26(33-27(37-19)22-6-4-3-5-7-22)14-15-36-23-11-8-20(9-12-23)17-29(2,28(34)35)32-18-21-10-13-24(30)25(31)16-21/h3-13,16,32H,14-15,17-18H2,1-2H3,(H,34,35)/t29-/m0/s1. The molecule has 0 aliphatic carbocycles. The minimum absolute atomic E-state index is 0.0780. The van der Waals surface area contributed by atoms with E-state index in [1.54, 1.807) is 19.1 Å². The molecule has 3 aromatic carbocycles. The number of carboxylic acids is 1. The zero-order valence-corrected chi connectivity index (χ0v) is 20.6. The van der Waals surface area contributed by atoms with Crippen LogP contribution in [0.4, 0.5) is 8.78 Å². The van der Waals surface area contributed by atoms with Gasteiger partial charge in [-0.1, -0.05) is 36.4 Å². The van der Waals surface area contributed by atoms with Gasteiger partial charge in [-0.05, 0) is 61.4 Å². The van der Waals surface area contributed by atoms with Crippen LogP contribution in [-0.4, -0.2) is 28.2 Å². The number of aliphatic carboxylic acids is 1. The fourth-order valence-corrected chi connectivity index (χ4v) is 3.90. The lowest BCUT2D eigenvalue weighted by atomic mass is 9.92. The molecule has 0 aliphatic heterocycles. The van der Waals surface area contributed by atoms with E-state index in [1.807, 2.05) is 49.4 Å². The Balaban J connectivity index is 1.32. The second kappa shape index (κ2) is 11.3. The summed E-state index contributed by atoms with van der Waals surface area (Å²) in [5.41, 5.74) is 1.68. The van der Waals surface area contributed by atoms with Crippen LogP contribution in [-0.2, 0) is 24.2 Å². The van der Waals surface area contributed by atoms with Gasteiger partial charge in [0.2, 0.25) is 5.89 Å². The molecule has 0 spiro atoms. The van der Waals surface area contributed by atoms with Crippen LogP contribution in [0.3, 0.4) is 0 Å². The van der Waals surface area contributed by atoms with Crippen LogP contribution in [0.2, 0.25) is 0 Å². The molecule has 0 saturated carbocycles. The normalized spacial score (nSPS) is 12.8. The number of halogens is 2. The van der Waals surface area contributed by atoms with Gasteiger partial charge in [-0.25, -0.2) is 13.8 Å². The number of aromatic nitrogens is 1. The van der Waals surface area contributed by atoms with Crippen molar-refractivity contribution in [1.29, 1.82) is 0 Å². The molecule has 1 atom stereocenters. The maximum atomic E-state index is 13.5. The molecule has 1 heterocycles. The summed E-state index contributed by atoms with van der Waals surface area (Å²) >= 11 is 0. The molecule has 4 rings (SSSR count). The van der Waals surface area contributed by atoms with Gasteiger partial charge >= 0.3 is 5.97 Å². The summed E-state index contributed by atoms with van der Waals surface area (Å²) in [7, 11) is 0. The highest BCUT2D eigenvalue weighted by Gasteiger charge is 2.32. The van der Waals surface area contributed by atoms with Gasteiger partial charge in [0.15, 0.2) is 11.6 Å². The predicted octanol–water partition coefficient (Wildman–Crippen LogP) is 5.73. The van der Waals surface area contributed by atoms with Crippen molar-refractivity contribution in [3.8, 4) is 17.2 Å². The quantitative estimate of drug-likeness (QED) is 0.271. The van der Waals surface area contributed by atoms with Crippen LogP contribution in [0, 0.1) is 18.6 Å². The molecule has 0 saturated heterocycles. The molecule has 0 radical (unpaired) electrons. The maximum Gasteiger partial charge on any atom is 0.323 e. The molecule has 37 heavy (non-hydrogen) atoms. The highest BCUT2D eigenvalue weighted by Crippen LogP contribution is 2.23. The third kappa shape index (κ3) is 6.59. The minimum Gasteiger partial charge on any atom is -0.493 e. The van der Waals surface area contributed by atoms with Gasteiger partial charge in [-0.15, -0.1) is 0 Å². The molecule has 8 heteroatoms. The van der Waals surface area contributed by atoms with Gasteiger partial charge in [0, 0.05) is 24.9 Å². The molecule has 2 N–H and O–H groups in total. The second-order valence-corrected chi connectivity index (χ2v) is 9.05. The SMILES string of the molecule is Cc1oc(-c2ccccc2)nc1CCOc1ccc(C[C@](C)(NCc2ccc(F)c(F)c2)C(=O)O)cc1. The van der Waals surface area contributed by atoms with Crippen molar-refractivity contribution in [2.24, 2.45) is 0 Å². The number of benzene rings is 3. The third-order valence-corrected chi connectivity index (χ3v) is 6.14. The number of ether oxygens (including phenoxy) is 1. The lowest BCUT2D eigenvalue weighted by Crippen LogP contribution is -2.50. The van der Waals surface area contributed by atoms with Crippen LogP contribution >= 0.6 is 0 Å². The number of carboxylic acid groups (broad SMARTS) is 1. The van der Waals surface area contributed by atoms with E-state index < -0.39 is 23.1 Å². The van der Waals surface area contributed by atoms with Crippen molar-refractivity contribution in [2.75, 3.05) is 6.61 Å². The number of carbonyl (C=O) groups is 1. The van der Waals surface area contributed by atoms with Crippen molar-refractivity contribution in [3.63, 3.8) is 0 Å². The molecule has 1 aromatic heterocycles. The van der Waals surface area contributed by atoms with Gasteiger partial charge in [0.1, 0.15) is 17.0 Å². The van der Waals surface area contributed by atoms with Crippen LogP contribution in [0.5, 0.6) is 5.75 Å². The highest BCUT2D eigenvalue weighted by molar-refractivity contribution is 5.78. The molecule has 4 aromatic rings. The number of hydrogen-bond acceptors (Lipinski definition) is 5. The average Bonchev–Trinajstić information content (AvgIpc) is 3.26. The first-order valence-electron chi connectivity index (χ1n) is 11.9. The number of nitrogens with zero attached hydrogens (tertiary/aromatic N) is 1. The molecular formula is C29H28F2N2O4. The molecule has 0 aliphatic rings. The Kier molecular flexibility index (Phi) is 7.98. The van der Waals surface area contributed by atoms with Crippen LogP contribution in [0.25, 0.3) is 11.5 Å². The van der Waals surface area contributed by atoms with Gasteiger partial charge in [-0.2, -0.15) is 0 Å². The van der Waals surface area contributed by atoms with Crippen molar-refractivity contribution in [1.82, 2.24) is 10.3 Å². The monoisotopic (exact) mass is 506 g/mol. The van der Waals surface area contributed by atoms with E-state index in [9.17, 15) is 18.7 Å². The lowest BCUT2D eigenvalue weighted by molar-refractivity contribution is -0.144. The van der Waals surface area contributed by atoms with Crippen LogP contribution in [0.1, 0.15) is 29.5 Å². The molecule has 192 valence electrons. The largest absolute Gasteiger partial charge is 0.493 e. The van der Waals surface area contributed by atoms with Gasteiger partial charge in [0.25, 0.3) is 0 Å². The van der Waals surface area contributed by atoms with Gasteiger partial charge in [-0.3, -0.25) is 10.1 Å². The average molecular weight is 507 g/mol. The number of oxazole rings is 1. The van der Waals surface area contributed by atoms with Crippen LogP contribution < -0.4 is 10.1 Å². The molecular weight excluding hydrogens is 478 g/mol. The van der Waals surface area contributed by atoms with Crippen molar-refractivity contribution < 1.29 is 27.8 Å². The second-order valence-electron chi connectivity index (χ2n) is 9.05. The van der Waals surface area contributed by atoms with Gasteiger partial charge in [0.05, 0.1) is 12.3 Å². The summed E-state index contributed by atoms with van der Waals surface area (Å²) in [5, 5.41) is 12.8. The van der Waals surface area contributed by atoms with E-state index in [4.69, 9.17) is 9.15 Å². The van der Waals surface area contributed by atoms with E-state index in [0.29, 0.717) is 30.2 Å². The fourth-order valence-electron chi connectivity index (χ4n) is 3.90. The summed E-state index contributed by atoms with van der Waals surface area (Å²) in [6.07, 6.45) is 0.765. The smallest absolute Gasteiger partial charge is 0.323 e. The first-order chi connectivity index (χ1) is 17.7. The fraction of sp³-hybridized carbons (Fsp3) is 0.241. The lowest BCUT2D eigenvalue weighted by Gasteiger charge is -2.27. The first kappa shape index (κ1) is 26.0. The Hall–Kier alpha value is -4.04. The molecule has 6 nitrogen and oxygen atoms in total. The number of aryl methyl sites for hydroxylation is 1. The summed E-state index contributed by atoms with van der Waals surface area (Å²) in [6, 6.07) is 20.4.